The van der Waals surface area contributed by atoms with Crippen LogP contribution in [0.1, 0.15) is 17.3 Å². The number of para-hydroxylation sites is 1. The number of nitrogens with zero attached hydrogens (tertiary/aromatic N) is 1. The second-order valence-electron chi connectivity index (χ2n) is 4.81. The van der Waals surface area contributed by atoms with Gasteiger partial charge in [-0.25, -0.2) is 13.8 Å². The van der Waals surface area contributed by atoms with Gasteiger partial charge in [0.25, 0.3) is 0 Å². The molecule has 0 fully saturated rings. The first-order valence-electron chi connectivity index (χ1n) is 6.29. The van der Waals surface area contributed by atoms with E-state index in [1.165, 1.54) is 6.07 Å². The molecule has 1 aromatic heterocycles. The molecule has 100 valence electrons. The predicted octanol–water partition coefficient (Wildman–Crippen LogP) is 3.37. The average Bonchev–Trinajstić information content (AvgIpc) is 3.01. The van der Waals surface area contributed by atoms with Crippen molar-refractivity contribution in [2.24, 2.45) is 0 Å². The fraction of sp³-hybridized carbons (Fsp3) is 0.133. The van der Waals surface area contributed by atoms with E-state index in [1.54, 1.807) is 0 Å². The van der Waals surface area contributed by atoms with Crippen LogP contribution in [-0.4, -0.2) is 16.6 Å². The van der Waals surface area contributed by atoms with E-state index >= 15 is 0 Å². The normalized spacial score (nSPS) is 17.2. The summed E-state index contributed by atoms with van der Waals surface area (Å²) in [5.74, 6) is 0.0445. The van der Waals surface area contributed by atoms with Crippen molar-refractivity contribution in [3.63, 3.8) is 0 Å². The third-order valence-corrected chi connectivity index (χ3v) is 3.55. The number of rotatable bonds is 1. The molecule has 20 heavy (non-hydrogen) atoms. The molecular weight excluding hydrogens is 262 g/mol. The van der Waals surface area contributed by atoms with E-state index in [4.69, 9.17) is 4.74 Å². The smallest absolute Gasteiger partial charge is 0.153 e. The molecule has 0 radical (unpaired) electrons. The molecule has 2 aromatic carbocycles. The van der Waals surface area contributed by atoms with Crippen LogP contribution in [0, 0.1) is 11.6 Å². The summed E-state index contributed by atoms with van der Waals surface area (Å²) in [6.07, 6.45) is 0. The minimum atomic E-state index is -0.658. The SMILES string of the molecule is Fc1cc(F)c2nc(C3COc4ccccc43)[nH]c2c1. The van der Waals surface area contributed by atoms with Crippen LogP contribution in [-0.2, 0) is 0 Å². The Kier molecular flexibility index (Phi) is 2.30. The first-order valence-corrected chi connectivity index (χ1v) is 6.29. The second-order valence-corrected chi connectivity index (χ2v) is 4.81. The van der Waals surface area contributed by atoms with E-state index in [0.29, 0.717) is 17.9 Å². The highest BCUT2D eigenvalue weighted by atomic mass is 19.1. The molecule has 4 rings (SSSR count). The van der Waals surface area contributed by atoms with Crippen molar-refractivity contribution < 1.29 is 13.5 Å². The van der Waals surface area contributed by atoms with Crippen LogP contribution in [0.25, 0.3) is 11.0 Å². The maximum Gasteiger partial charge on any atom is 0.153 e. The number of aromatic amines is 1. The summed E-state index contributed by atoms with van der Waals surface area (Å²) in [6.45, 7) is 0.448. The van der Waals surface area contributed by atoms with E-state index in [0.717, 1.165) is 17.4 Å². The Labute approximate surface area is 113 Å². The molecule has 5 heteroatoms. The topological polar surface area (TPSA) is 37.9 Å². The van der Waals surface area contributed by atoms with E-state index in [-0.39, 0.29) is 11.4 Å². The first kappa shape index (κ1) is 11.4. The second kappa shape index (κ2) is 4.03. The summed E-state index contributed by atoms with van der Waals surface area (Å²) in [7, 11) is 0. The van der Waals surface area contributed by atoms with Gasteiger partial charge in [-0.2, -0.15) is 0 Å². The van der Waals surface area contributed by atoms with Gasteiger partial charge in [-0.05, 0) is 12.1 Å². The highest BCUT2D eigenvalue weighted by Gasteiger charge is 2.28. The molecule has 1 atom stereocenters. The van der Waals surface area contributed by atoms with Crippen molar-refractivity contribution in [1.29, 1.82) is 0 Å². The lowest BCUT2D eigenvalue weighted by atomic mass is 10.0. The van der Waals surface area contributed by atoms with Crippen LogP contribution in [0.4, 0.5) is 8.78 Å². The zero-order valence-corrected chi connectivity index (χ0v) is 10.4. The zero-order chi connectivity index (χ0) is 13.7. The van der Waals surface area contributed by atoms with Crippen LogP contribution < -0.4 is 4.74 Å². The largest absolute Gasteiger partial charge is 0.492 e. The van der Waals surface area contributed by atoms with Crippen molar-refractivity contribution >= 4 is 11.0 Å². The number of aromatic nitrogens is 2. The molecule has 0 spiro atoms. The molecule has 0 amide bonds. The first-order chi connectivity index (χ1) is 9.72. The van der Waals surface area contributed by atoms with Gasteiger partial charge in [-0.15, -0.1) is 0 Å². The minimum absolute atomic E-state index is 0.0824. The Balaban J connectivity index is 1.86. The number of nitrogens with one attached hydrogen (secondary N) is 1. The lowest BCUT2D eigenvalue weighted by Crippen LogP contribution is -2.04. The molecule has 0 saturated carbocycles. The summed E-state index contributed by atoms with van der Waals surface area (Å²) in [6, 6.07) is 9.75. The van der Waals surface area contributed by atoms with Gasteiger partial charge in [0.1, 0.15) is 29.5 Å². The molecular formula is C15H10F2N2O. The summed E-state index contributed by atoms with van der Waals surface area (Å²) in [5.41, 5.74) is 1.53. The fourth-order valence-corrected chi connectivity index (χ4v) is 2.62. The Morgan fingerprint density at radius 3 is 2.95 bits per heavy atom. The molecule has 1 aliphatic rings. The third kappa shape index (κ3) is 1.59. The summed E-state index contributed by atoms with van der Waals surface area (Å²) >= 11 is 0. The van der Waals surface area contributed by atoms with Crippen LogP contribution in [0.5, 0.6) is 5.75 Å². The highest BCUT2D eigenvalue weighted by Crippen LogP contribution is 2.37. The van der Waals surface area contributed by atoms with Crippen LogP contribution in [0.15, 0.2) is 36.4 Å². The van der Waals surface area contributed by atoms with E-state index in [9.17, 15) is 8.78 Å². The van der Waals surface area contributed by atoms with E-state index in [2.05, 4.69) is 9.97 Å². The molecule has 1 aliphatic heterocycles. The number of ether oxygens (including phenoxy) is 1. The Morgan fingerprint density at radius 1 is 1.20 bits per heavy atom. The number of hydrogen-bond donors (Lipinski definition) is 1. The number of hydrogen-bond acceptors (Lipinski definition) is 2. The minimum Gasteiger partial charge on any atom is -0.492 e. The maximum atomic E-state index is 13.7. The summed E-state index contributed by atoms with van der Waals surface area (Å²) < 4.78 is 32.5. The van der Waals surface area contributed by atoms with Crippen molar-refractivity contribution in [2.45, 2.75) is 5.92 Å². The van der Waals surface area contributed by atoms with Gasteiger partial charge in [-0.3, -0.25) is 0 Å². The fourth-order valence-electron chi connectivity index (χ4n) is 2.62. The van der Waals surface area contributed by atoms with Gasteiger partial charge in [0.2, 0.25) is 0 Å². The van der Waals surface area contributed by atoms with E-state index in [1.807, 2.05) is 24.3 Å². The van der Waals surface area contributed by atoms with Crippen molar-refractivity contribution in [3.05, 3.63) is 59.4 Å². The molecule has 2 heterocycles. The third-order valence-electron chi connectivity index (χ3n) is 3.55. The maximum absolute atomic E-state index is 13.7. The number of benzene rings is 2. The summed E-state index contributed by atoms with van der Waals surface area (Å²) in [4.78, 5) is 7.25. The number of halogens is 2. The monoisotopic (exact) mass is 272 g/mol. The van der Waals surface area contributed by atoms with Gasteiger partial charge in [-0.1, -0.05) is 18.2 Å². The molecule has 3 nitrogen and oxygen atoms in total. The quantitative estimate of drug-likeness (QED) is 0.737. The summed E-state index contributed by atoms with van der Waals surface area (Å²) in [5, 5.41) is 0. The predicted molar refractivity (Wildman–Crippen MR) is 69.8 cm³/mol. The lowest BCUT2D eigenvalue weighted by Gasteiger charge is -2.03. The Hall–Kier alpha value is -2.43. The molecule has 1 N–H and O–H groups in total. The number of fused-ring (bicyclic) bond motifs is 2. The van der Waals surface area contributed by atoms with Gasteiger partial charge in [0, 0.05) is 11.6 Å². The number of imidazole rings is 1. The van der Waals surface area contributed by atoms with Gasteiger partial charge >= 0.3 is 0 Å². The van der Waals surface area contributed by atoms with Crippen molar-refractivity contribution in [3.8, 4) is 5.75 Å². The number of H-pyrrole nitrogens is 1. The average molecular weight is 272 g/mol. The van der Waals surface area contributed by atoms with Gasteiger partial charge < -0.3 is 9.72 Å². The zero-order valence-electron chi connectivity index (χ0n) is 10.4. The molecule has 3 aromatic rings. The van der Waals surface area contributed by atoms with Crippen LogP contribution in [0.3, 0.4) is 0 Å². The molecule has 0 aliphatic carbocycles. The molecule has 1 unspecified atom stereocenters. The molecule has 0 saturated heterocycles. The van der Waals surface area contributed by atoms with E-state index < -0.39 is 11.6 Å². The standard InChI is InChI=1S/C15H10F2N2O/c16-8-5-11(17)14-12(6-8)18-15(19-14)10-7-20-13-4-2-1-3-9(10)13/h1-6,10H,7H2,(H,18,19). The van der Waals surface area contributed by atoms with Crippen LogP contribution in [0.2, 0.25) is 0 Å². The molecule has 0 bridgehead atoms. The Bertz CT molecular complexity index is 813. The van der Waals surface area contributed by atoms with Gasteiger partial charge in [0.05, 0.1) is 11.4 Å². The van der Waals surface area contributed by atoms with Crippen molar-refractivity contribution in [1.82, 2.24) is 9.97 Å². The Morgan fingerprint density at radius 2 is 2.05 bits per heavy atom. The van der Waals surface area contributed by atoms with Crippen LogP contribution >= 0.6 is 0 Å². The highest BCUT2D eigenvalue weighted by molar-refractivity contribution is 5.76. The van der Waals surface area contributed by atoms with Crippen molar-refractivity contribution in [2.75, 3.05) is 6.61 Å². The lowest BCUT2D eigenvalue weighted by molar-refractivity contribution is 0.340. The van der Waals surface area contributed by atoms with Gasteiger partial charge in [0.15, 0.2) is 5.82 Å².